The summed E-state index contributed by atoms with van der Waals surface area (Å²) >= 11 is 0. The van der Waals surface area contributed by atoms with Crippen LogP contribution >= 0.6 is 0 Å². The molecule has 1 fully saturated rings. The van der Waals surface area contributed by atoms with Gasteiger partial charge in [-0.3, -0.25) is 0 Å². The van der Waals surface area contributed by atoms with Crippen LogP contribution in [0.5, 0.6) is 0 Å². The summed E-state index contributed by atoms with van der Waals surface area (Å²) in [7, 11) is 0. The molecule has 1 atom stereocenters. The number of aryl methyl sites for hydroxylation is 1. The number of ether oxygens (including phenoxy) is 1. The molecule has 134 valence electrons. The maximum Gasteiger partial charge on any atom is 0.136 e. The molecule has 0 radical (unpaired) electrons. The summed E-state index contributed by atoms with van der Waals surface area (Å²) in [6, 6.07) is 10.3. The van der Waals surface area contributed by atoms with Crippen molar-refractivity contribution in [3.8, 4) is 0 Å². The zero-order valence-corrected chi connectivity index (χ0v) is 15.6. The lowest BCUT2D eigenvalue weighted by Gasteiger charge is -2.23. The van der Waals surface area contributed by atoms with Crippen LogP contribution in [-0.2, 0) is 10.2 Å². The average molecular weight is 340 g/mol. The van der Waals surface area contributed by atoms with Crippen molar-refractivity contribution in [3.63, 3.8) is 0 Å². The molecule has 1 saturated heterocycles. The molecular weight excluding hydrogens is 312 g/mol. The number of hydrogen-bond acceptors (Lipinski definition) is 5. The largest absolute Gasteiger partial charge is 0.376 e. The minimum Gasteiger partial charge on any atom is -0.376 e. The van der Waals surface area contributed by atoms with E-state index in [0.29, 0.717) is 0 Å². The first-order valence-corrected chi connectivity index (χ1v) is 8.99. The van der Waals surface area contributed by atoms with E-state index in [9.17, 15) is 0 Å². The molecule has 0 amide bonds. The highest BCUT2D eigenvalue weighted by Gasteiger charge is 2.18. The van der Waals surface area contributed by atoms with Crippen molar-refractivity contribution in [2.45, 2.75) is 52.1 Å². The van der Waals surface area contributed by atoms with Crippen LogP contribution in [0.15, 0.2) is 30.3 Å². The lowest BCUT2D eigenvalue weighted by Crippen LogP contribution is -2.19. The second kappa shape index (κ2) is 7.40. The normalized spacial score (nSPS) is 17.5. The van der Waals surface area contributed by atoms with Crippen LogP contribution in [0.1, 0.15) is 45.0 Å². The SMILES string of the molecule is Cc1nc(NCC2CCCO2)cc(Nc2ccccc2C(C)(C)C)n1. The Hall–Kier alpha value is -2.14. The zero-order chi connectivity index (χ0) is 17.9. The van der Waals surface area contributed by atoms with E-state index in [2.05, 4.69) is 59.6 Å². The molecule has 2 heterocycles. The molecule has 1 aliphatic rings. The number of nitrogens with zero attached hydrogens (tertiary/aromatic N) is 2. The van der Waals surface area contributed by atoms with Crippen LogP contribution in [0.4, 0.5) is 17.3 Å². The summed E-state index contributed by atoms with van der Waals surface area (Å²) in [5.74, 6) is 2.38. The third kappa shape index (κ3) is 4.69. The van der Waals surface area contributed by atoms with Gasteiger partial charge in [0.1, 0.15) is 17.5 Å². The van der Waals surface area contributed by atoms with Gasteiger partial charge in [-0.15, -0.1) is 0 Å². The summed E-state index contributed by atoms with van der Waals surface area (Å²) in [5.41, 5.74) is 2.41. The number of aromatic nitrogens is 2. The molecule has 3 rings (SSSR count). The van der Waals surface area contributed by atoms with Crippen molar-refractivity contribution in [3.05, 3.63) is 41.7 Å². The molecular formula is C20H28N4O. The Morgan fingerprint density at radius 1 is 1.16 bits per heavy atom. The Labute approximate surface area is 150 Å². The molecule has 1 aromatic carbocycles. The first-order chi connectivity index (χ1) is 11.9. The standard InChI is InChI=1S/C20H28N4O/c1-14-22-18(21-13-15-8-7-11-25-15)12-19(23-14)24-17-10-6-5-9-16(17)20(2,3)4/h5-6,9-10,12,15H,7-8,11,13H2,1-4H3,(H2,21,22,23,24). The van der Waals surface area contributed by atoms with E-state index >= 15 is 0 Å². The third-order valence-electron chi connectivity index (χ3n) is 4.37. The van der Waals surface area contributed by atoms with Crippen molar-refractivity contribution >= 4 is 17.3 Å². The number of anilines is 3. The van der Waals surface area contributed by atoms with Gasteiger partial charge >= 0.3 is 0 Å². The van der Waals surface area contributed by atoms with Crippen LogP contribution < -0.4 is 10.6 Å². The van der Waals surface area contributed by atoms with Gasteiger partial charge in [0.15, 0.2) is 0 Å². The molecule has 2 aromatic rings. The molecule has 5 heteroatoms. The molecule has 1 aromatic heterocycles. The monoisotopic (exact) mass is 340 g/mol. The number of nitrogens with one attached hydrogen (secondary N) is 2. The van der Waals surface area contributed by atoms with Gasteiger partial charge < -0.3 is 15.4 Å². The van der Waals surface area contributed by atoms with E-state index in [1.807, 2.05) is 19.1 Å². The van der Waals surface area contributed by atoms with E-state index in [0.717, 1.165) is 49.1 Å². The molecule has 1 aliphatic heterocycles. The molecule has 5 nitrogen and oxygen atoms in total. The zero-order valence-electron chi connectivity index (χ0n) is 15.6. The molecule has 0 saturated carbocycles. The summed E-state index contributed by atoms with van der Waals surface area (Å²) in [5, 5.41) is 6.85. The summed E-state index contributed by atoms with van der Waals surface area (Å²) < 4.78 is 5.66. The Balaban J connectivity index is 1.76. The van der Waals surface area contributed by atoms with Gasteiger partial charge in [0.2, 0.25) is 0 Å². The van der Waals surface area contributed by atoms with E-state index in [4.69, 9.17) is 4.74 Å². The van der Waals surface area contributed by atoms with Crippen LogP contribution in [-0.4, -0.2) is 29.2 Å². The van der Waals surface area contributed by atoms with Gasteiger partial charge in [0, 0.05) is 24.9 Å². The lowest BCUT2D eigenvalue weighted by molar-refractivity contribution is 0.120. The van der Waals surface area contributed by atoms with Gasteiger partial charge in [0.25, 0.3) is 0 Å². The fourth-order valence-corrected chi connectivity index (χ4v) is 3.13. The van der Waals surface area contributed by atoms with E-state index < -0.39 is 0 Å². The predicted molar refractivity (Wildman–Crippen MR) is 103 cm³/mol. The molecule has 0 spiro atoms. The topological polar surface area (TPSA) is 59.1 Å². The van der Waals surface area contributed by atoms with Crippen molar-refractivity contribution in [1.82, 2.24) is 9.97 Å². The fraction of sp³-hybridized carbons (Fsp3) is 0.500. The Bertz CT molecular complexity index is 718. The van der Waals surface area contributed by atoms with Gasteiger partial charge in [-0.2, -0.15) is 0 Å². The van der Waals surface area contributed by atoms with E-state index in [-0.39, 0.29) is 11.5 Å². The summed E-state index contributed by atoms with van der Waals surface area (Å²) in [4.78, 5) is 9.03. The summed E-state index contributed by atoms with van der Waals surface area (Å²) in [6.07, 6.45) is 2.54. The van der Waals surface area contributed by atoms with Crippen molar-refractivity contribution < 1.29 is 4.74 Å². The first-order valence-electron chi connectivity index (χ1n) is 8.99. The number of rotatable bonds is 5. The average Bonchev–Trinajstić information content (AvgIpc) is 3.05. The minimum atomic E-state index is 0.0621. The third-order valence-corrected chi connectivity index (χ3v) is 4.37. The highest BCUT2D eigenvalue weighted by molar-refractivity contribution is 5.64. The second-order valence-electron chi connectivity index (χ2n) is 7.62. The Kier molecular flexibility index (Phi) is 5.23. The highest BCUT2D eigenvalue weighted by Crippen LogP contribution is 2.31. The Morgan fingerprint density at radius 3 is 2.64 bits per heavy atom. The molecule has 0 aliphatic carbocycles. The number of para-hydroxylation sites is 1. The van der Waals surface area contributed by atoms with Crippen molar-refractivity contribution in [1.29, 1.82) is 0 Å². The summed E-state index contributed by atoms with van der Waals surface area (Å²) in [6.45, 7) is 10.2. The van der Waals surface area contributed by atoms with Gasteiger partial charge in [-0.1, -0.05) is 39.0 Å². The van der Waals surface area contributed by atoms with E-state index in [1.54, 1.807) is 0 Å². The van der Waals surface area contributed by atoms with Crippen molar-refractivity contribution in [2.75, 3.05) is 23.8 Å². The second-order valence-corrected chi connectivity index (χ2v) is 7.62. The minimum absolute atomic E-state index is 0.0621. The Morgan fingerprint density at radius 2 is 1.92 bits per heavy atom. The van der Waals surface area contributed by atoms with Crippen LogP contribution in [0, 0.1) is 6.92 Å². The highest BCUT2D eigenvalue weighted by atomic mass is 16.5. The molecule has 25 heavy (non-hydrogen) atoms. The molecule has 2 N–H and O–H groups in total. The van der Waals surface area contributed by atoms with Gasteiger partial charge in [0.05, 0.1) is 6.10 Å². The maximum atomic E-state index is 5.66. The molecule has 0 bridgehead atoms. The smallest absolute Gasteiger partial charge is 0.136 e. The van der Waals surface area contributed by atoms with Crippen LogP contribution in [0.2, 0.25) is 0 Å². The maximum absolute atomic E-state index is 5.66. The lowest BCUT2D eigenvalue weighted by atomic mass is 9.86. The van der Waals surface area contributed by atoms with E-state index in [1.165, 1.54) is 5.56 Å². The van der Waals surface area contributed by atoms with Crippen LogP contribution in [0.3, 0.4) is 0 Å². The fourth-order valence-electron chi connectivity index (χ4n) is 3.13. The molecule has 1 unspecified atom stereocenters. The first kappa shape index (κ1) is 17.7. The number of benzene rings is 1. The van der Waals surface area contributed by atoms with Gasteiger partial charge in [-0.25, -0.2) is 9.97 Å². The van der Waals surface area contributed by atoms with Crippen LogP contribution in [0.25, 0.3) is 0 Å². The quantitative estimate of drug-likeness (QED) is 0.844. The number of hydrogen-bond donors (Lipinski definition) is 2. The predicted octanol–water partition coefficient (Wildman–Crippen LogP) is 4.42. The van der Waals surface area contributed by atoms with Gasteiger partial charge in [-0.05, 0) is 36.8 Å². The van der Waals surface area contributed by atoms with Crippen molar-refractivity contribution in [2.24, 2.45) is 0 Å².